The first-order valence-electron chi connectivity index (χ1n) is 10.3. The third-order valence-electron chi connectivity index (χ3n) is 7.23. The number of para-hydroxylation sites is 1. The van der Waals surface area contributed by atoms with E-state index in [1.807, 2.05) is 23.7 Å². The summed E-state index contributed by atoms with van der Waals surface area (Å²) in [6.45, 7) is 0. The average molecular weight is 435 g/mol. The van der Waals surface area contributed by atoms with Crippen molar-refractivity contribution < 1.29 is 19.7 Å². The van der Waals surface area contributed by atoms with E-state index in [9.17, 15) is 14.4 Å². The van der Waals surface area contributed by atoms with Gasteiger partial charge in [-0.05, 0) is 37.0 Å². The van der Waals surface area contributed by atoms with Crippen molar-refractivity contribution in [1.29, 1.82) is 0 Å². The van der Waals surface area contributed by atoms with Crippen LogP contribution in [0.3, 0.4) is 0 Å². The SMILES string of the molecule is CSCC[C@@H]1[NH2+][C@]2(C(=O)Nc3c(Cl)cccc32)[C@H]2C(=O)N(C3CCCC3)C(=O)[C@H]12. The van der Waals surface area contributed by atoms with Crippen LogP contribution in [0.15, 0.2) is 18.2 Å². The van der Waals surface area contributed by atoms with Crippen LogP contribution in [0.1, 0.15) is 37.7 Å². The molecular weight excluding hydrogens is 410 g/mol. The number of amides is 3. The highest BCUT2D eigenvalue weighted by molar-refractivity contribution is 7.98. The van der Waals surface area contributed by atoms with Crippen molar-refractivity contribution in [2.24, 2.45) is 11.8 Å². The zero-order chi connectivity index (χ0) is 20.3. The van der Waals surface area contributed by atoms with Crippen LogP contribution >= 0.6 is 23.4 Å². The number of rotatable bonds is 4. The Morgan fingerprint density at radius 3 is 2.72 bits per heavy atom. The number of quaternary nitrogens is 1. The molecule has 0 radical (unpaired) electrons. The lowest BCUT2D eigenvalue weighted by Gasteiger charge is -2.28. The van der Waals surface area contributed by atoms with Gasteiger partial charge in [0.15, 0.2) is 0 Å². The number of thioether (sulfide) groups is 1. The minimum absolute atomic E-state index is 0.0119. The number of likely N-dealkylation sites (tertiary alicyclic amines) is 1. The number of anilines is 1. The van der Waals surface area contributed by atoms with Crippen LogP contribution in [0.4, 0.5) is 5.69 Å². The molecule has 1 aromatic carbocycles. The third-order valence-corrected chi connectivity index (χ3v) is 8.19. The Kier molecular flexibility index (Phi) is 4.68. The number of halogens is 1. The van der Waals surface area contributed by atoms with Gasteiger partial charge >= 0.3 is 0 Å². The Morgan fingerprint density at radius 1 is 1.24 bits per heavy atom. The van der Waals surface area contributed by atoms with Crippen LogP contribution in [0.25, 0.3) is 0 Å². The molecule has 1 aliphatic carbocycles. The van der Waals surface area contributed by atoms with Gasteiger partial charge in [0.2, 0.25) is 17.4 Å². The average Bonchev–Trinajstić information content (AvgIpc) is 3.44. The zero-order valence-corrected chi connectivity index (χ0v) is 17.9. The monoisotopic (exact) mass is 434 g/mol. The summed E-state index contributed by atoms with van der Waals surface area (Å²) in [6.07, 6.45) is 6.65. The van der Waals surface area contributed by atoms with Crippen molar-refractivity contribution in [2.45, 2.75) is 49.7 Å². The quantitative estimate of drug-likeness (QED) is 0.707. The lowest BCUT2D eigenvalue weighted by atomic mass is 9.76. The van der Waals surface area contributed by atoms with Crippen LogP contribution in [0.5, 0.6) is 0 Å². The van der Waals surface area contributed by atoms with Crippen LogP contribution in [-0.2, 0) is 19.9 Å². The fourth-order valence-electron chi connectivity index (χ4n) is 6.02. The van der Waals surface area contributed by atoms with Crippen LogP contribution in [0.2, 0.25) is 5.02 Å². The molecule has 8 heteroatoms. The van der Waals surface area contributed by atoms with E-state index in [2.05, 4.69) is 5.32 Å². The predicted molar refractivity (Wildman–Crippen MR) is 112 cm³/mol. The van der Waals surface area contributed by atoms with E-state index in [1.165, 1.54) is 4.90 Å². The molecule has 3 aliphatic heterocycles. The fourth-order valence-corrected chi connectivity index (χ4v) is 6.75. The molecular formula is C21H25ClN3O3S+. The van der Waals surface area contributed by atoms with Gasteiger partial charge in [-0.2, -0.15) is 11.8 Å². The van der Waals surface area contributed by atoms with E-state index in [0.29, 0.717) is 10.7 Å². The van der Waals surface area contributed by atoms with Crippen molar-refractivity contribution in [3.63, 3.8) is 0 Å². The molecule has 3 fully saturated rings. The second kappa shape index (κ2) is 7.00. The van der Waals surface area contributed by atoms with Crippen LogP contribution in [-0.4, -0.2) is 46.7 Å². The summed E-state index contributed by atoms with van der Waals surface area (Å²) in [5.74, 6) is -0.702. The molecule has 3 heterocycles. The summed E-state index contributed by atoms with van der Waals surface area (Å²) in [5, 5.41) is 5.38. The highest BCUT2D eigenvalue weighted by Crippen LogP contribution is 2.51. The first-order valence-corrected chi connectivity index (χ1v) is 12.1. The number of imide groups is 1. The molecule has 3 N–H and O–H groups in total. The normalized spacial score (nSPS) is 33.7. The molecule has 1 spiro atoms. The molecule has 6 nitrogen and oxygen atoms in total. The molecule has 5 rings (SSSR count). The Hall–Kier alpha value is -1.57. The maximum Gasteiger partial charge on any atom is 0.291 e. The van der Waals surface area contributed by atoms with E-state index in [4.69, 9.17) is 11.6 Å². The van der Waals surface area contributed by atoms with Crippen molar-refractivity contribution >= 4 is 46.8 Å². The third kappa shape index (κ3) is 2.56. The van der Waals surface area contributed by atoms with E-state index in [-0.39, 0.29) is 29.8 Å². The van der Waals surface area contributed by atoms with Gasteiger partial charge in [-0.25, -0.2) is 0 Å². The Morgan fingerprint density at radius 2 is 2.00 bits per heavy atom. The smallest absolute Gasteiger partial charge is 0.291 e. The summed E-state index contributed by atoms with van der Waals surface area (Å²) < 4.78 is 0. The molecule has 29 heavy (non-hydrogen) atoms. The lowest BCUT2D eigenvalue weighted by molar-refractivity contribution is -0.733. The highest BCUT2D eigenvalue weighted by Gasteiger charge is 2.74. The first kappa shape index (κ1) is 19.4. The van der Waals surface area contributed by atoms with Crippen molar-refractivity contribution in [3.8, 4) is 0 Å². The molecule has 4 atom stereocenters. The number of fused-ring (bicyclic) bond motifs is 4. The summed E-state index contributed by atoms with van der Waals surface area (Å²) in [5.41, 5.74) is 0.221. The lowest BCUT2D eigenvalue weighted by Crippen LogP contribution is -2.99. The maximum atomic E-state index is 13.7. The molecule has 3 amide bonds. The maximum absolute atomic E-state index is 13.7. The molecule has 0 aromatic heterocycles. The minimum atomic E-state index is -1.10. The predicted octanol–water partition coefficient (Wildman–Crippen LogP) is 1.73. The van der Waals surface area contributed by atoms with E-state index in [0.717, 1.165) is 43.4 Å². The number of benzene rings is 1. The first-order chi connectivity index (χ1) is 14.0. The molecule has 4 aliphatic rings. The number of nitrogens with one attached hydrogen (secondary N) is 1. The van der Waals surface area contributed by atoms with Gasteiger partial charge in [-0.15, -0.1) is 0 Å². The topological polar surface area (TPSA) is 83.1 Å². The Bertz CT molecular complexity index is 903. The van der Waals surface area contributed by atoms with Crippen molar-refractivity contribution in [1.82, 2.24) is 4.90 Å². The van der Waals surface area contributed by atoms with E-state index >= 15 is 0 Å². The van der Waals surface area contributed by atoms with Crippen LogP contribution in [0, 0.1) is 11.8 Å². The van der Waals surface area contributed by atoms with Gasteiger partial charge in [0.05, 0.1) is 10.7 Å². The summed E-state index contributed by atoms with van der Waals surface area (Å²) in [4.78, 5) is 42.1. The summed E-state index contributed by atoms with van der Waals surface area (Å²) in [6, 6.07) is 5.33. The van der Waals surface area contributed by atoms with Gasteiger partial charge in [0, 0.05) is 18.0 Å². The largest absolute Gasteiger partial charge is 0.326 e. The molecule has 0 bridgehead atoms. The Balaban J connectivity index is 1.63. The van der Waals surface area contributed by atoms with Crippen LogP contribution < -0.4 is 10.6 Å². The second-order valence-corrected chi connectivity index (χ2v) is 9.98. The minimum Gasteiger partial charge on any atom is -0.326 e. The number of nitrogens with zero attached hydrogens (tertiary/aromatic N) is 1. The Labute approximate surface area is 179 Å². The number of nitrogens with two attached hydrogens (primary N) is 1. The number of carbonyl (C=O) groups is 3. The van der Waals surface area contributed by atoms with Gasteiger partial charge in [-0.1, -0.05) is 30.5 Å². The molecule has 1 aromatic rings. The van der Waals surface area contributed by atoms with E-state index < -0.39 is 17.4 Å². The number of hydrogen-bond donors (Lipinski definition) is 2. The molecule has 154 valence electrons. The molecule has 1 saturated carbocycles. The fraction of sp³-hybridized carbons (Fsp3) is 0.571. The van der Waals surface area contributed by atoms with E-state index in [1.54, 1.807) is 17.8 Å². The molecule has 0 unspecified atom stereocenters. The van der Waals surface area contributed by atoms with Gasteiger partial charge in [-0.3, -0.25) is 19.3 Å². The number of hydrogen-bond acceptors (Lipinski definition) is 4. The zero-order valence-electron chi connectivity index (χ0n) is 16.3. The van der Waals surface area contributed by atoms with Gasteiger partial charge < -0.3 is 10.6 Å². The highest BCUT2D eigenvalue weighted by atomic mass is 35.5. The summed E-state index contributed by atoms with van der Waals surface area (Å²) >= 11 is 8.08. The van der Waals surface area contributed by atoms with Crippen molar-refractivity contribution in [3.05, 3.63) is 28.8 Å². The second-order valence-electron chi connectivity index (χ2n) is 8.59. The van der Waals surface area contributed by atoms with Gasteiger partial charge in [0.1, 0.15) is 17.9 Å². The van der Waals surface area contributed by atoms with Gasteiger partial charge in [0.25, 0.3) is 5.91 Å². The van der Waals surface area contributed by atoms with Crippen molar-refractivity contribution in [2.75, 3.05) is 17.3 Å². The standard InChI is InChI=1S/C21H24ClN3O3S/c1-29-10-9-14-15-16(19(27)25(18(15)26)11-5-2-3-6-11)21(24-14)12-7-4-8-13(22)17(12)23-20(21)28/h4,7-8,11,14-16,24H,2-3,5-6,9-10H2,1H3,(H,23,28)/p+1/t14-,15+,16+,21-/m0/s1. The number of carbonyl (C=O) groups excluding carboxylic acids is 3. The molecule has 2 saturated heterocycles. The summed E-state index contributed by atoms with van der Waals surface area (Å²) in [7, 11) is 0.